The van der Waals surface area contributed by atoms with Gasteiger partial charge in [-0.25, -0.2) is 4.98 Å². The predicted molar refractivity (Wildman–Crippen MR) is 97.8 cm³/mol. The lowest BCUT2D eigenvalue weighted by Crippen LogP contribution is -2.39. The average Bonchev–Trinajstić information content (AvgIpc) is 2.90. The van der Waals surface area contributed by atoms with Gasteiger partial charge in [0.15, 0.2) is 5.96 Å². The van der Waals surface area contributed by atoms with Crippen molar-refractivity contribution < 1.29 is 0 Å². The lowest BCUT2D eigenvalue weighted by Gasteiger charge is -2.20. The number of aliphatic imine (C=N–C) groups is 1. The van der Waals surface area contributed by atoms with Gasteiger partial charge >= 0.3 is 0 Å². The van der Waals surface area contributed by atoms with Crippen LogP contribution >= 0.6 is 11.8 Å². The Kier molecular flexibility index (Phi) is 8.38. The maximum absolute atomic E-state index is 4.68. The van der Waals surface area contributed by atoms with E-state index in [2.05, 4.69) is 52.2 Å². The standard InChI is InChI=1S/C16H31N5S/c1-6-17-15(20-13-16(3,4)22-5)19-9-7-8-11-21-12-10-18-14(21)2/h10,12H,6-9,11,13H2,1-5H3,(H2,17,19,20). The summed E-state index contributed by atoms with van der Waals surface area (Å²) in [6, 6.07) is 0. The van der Waals surface area contributed by atoms with Gasteiger partial charge in [-0.3, -0.25) is 4.99 Å². The summed E-state index contributed by atoms with van der Waals surface area (Å²) in [4.78, 5) is 8.92. The number of guanidine groups is 1. The first-order valence-corrected chi connectivity index (χ1v) is 9.26. The highest BCUT2D eigenvalue weighted by Crippen LogP contribution is 2.20. The van der Waals surface area contributed by atoms with Gasteiger partial charge in [0.1, 0.15) is 5.82 Å². The third-order valence-electron chi connectivity index (χ3n) is 3.56. The summed E-state index contributed by atoms with van der Waals surface area (Å²) in [6.07, 6.45) is 8.29. The largest absolute Gasteiger partial charge is 0.357 e. The molecular formula is C16H31N5S. The maximum atomic E-state index is 4.68. The van der Waals surface area contributed by atoms with Crippen LogP contribution in [0.1, 0.15) is 39.4 Å². The average molecular weight is 326 g/mol. The van der Waals surface area contributed by atoms with Crippen LogP contribution in [-0.4, -0.2) is 46.1 Å². The van der Waals surface area contributed by atoms with Gasteiger partial charge in [0.2, 0.25) is 0 Å². The minimum atomic E-state index is 0.182. The van der Waals surface area contributed by atoms with E-state index in [1.807, 2.05) is 31.1 Å². The van der Waals surface area contributed by atoms with Gasteiger partial charge in [-0.15, -0.1) is 0 Å². The van der Waals surface area contributed by atoms with Gasteiger partial charge in [-0.05, 0) is 46.8 Å². The van der Waals surface area contributed by atoms with Gasteiger partial charge in [-0.2, -0.15) is 11.8 Å². The minimum Gasteiger partial charge on any atom is -0.357 e. The first-order valence-electron chi connectivity index (χ1n) is 8.03. The second-order valence-electron chi connectivity index (χ2n) is 5.96. The highest BCUT2D eigenvalue weighted by Gasteiger charge is 2.15. The number of aromatic nitrogens is 2. The number of nitrogens with one attached hydrogen (secondary N) is 2. The molecule has 0 aliphatic rings. The number of nitrogens with zero attached hydrogens (tertiary/aromatic N) is 3. The highest BCUT2D eigenvalue weighted by atomic mass is 32.2. The van der Waals surface area contributed by atoms with Crippen LogP contribution in [0.2, 0.25) is 0 Å². The molecule has 0 radical (unpaired) electrons. The number of imidazole rings is 1. The summed E-state index contributed by atoms with van der Waals surface area (Å²) in [7, 11) is 0. The molecule has 0 saturated heterocycles. The lowest BCUT2D eigenvalue weighted by molar-refractivity contribution is 0.587. The van der Waals surface area contributed by atoms with Gasteiger partial charge in [0, 0.05) is 36.8 Å². The van der Waals surface area contributed by atoms with E-state index in [1.165, 1.54) is 0 Å². The van der Waals surface area contributed by atoms with Gasteiger partial charge in [0.25, 0.3) is 0 Å². The maximum Gasteiger partial charge on any atom is 0.191 e. The van der Waals surface area contributed by atoms with Crippen molar-refractivity contribution in [3.63, 3.8) is 0 Å². The molecule has 22 heavy (non-hydrogen) atoms. The number of unbranched alkanes of at least 4 members (excludes halogenated alkanes) is 1. The van der Waals surface area contributed by atoms with Crippen LogP contribution in [0.25, 0.3) is 0 Å². The number of rotatable bonds is 9. The summed E-state index contributed by atoms with van der Waals surface area (Å²) < 4.78 is 2.38. The fourth-order valence-corrected chi connectivity index (χ4v) is 2.12. The Morgan fingerprint density at radius 1 is 1.36 bits per heavy atom. The van der Waals surface area contributed by atoms with Gasteiger partial charge in [0.05, 0.1) is 6.54 Å². The van der Waals surface area contributed by atoms with E-state index in [4.69, 9.17) is 0 Å². The van der Waals surface area contributed by atoms with E-state index in [1.54, 1.807) is 0 Å². The van der Waals surface area contributed by atoms with E-state index in [0.29, 0.717) is 0 Å². The van der Waals surface area contributed by atoms with E-state index in [9.17, 15) is 0 Å². The topological polar surface area (TPSA) is 54.2 Å². The fourth-order valence-electron chi connectivity index (χ4n) is 1.93. The predicted octanol–water partition coefficient (Wildman–Crippen LogP) is 2.67. The smallest absolute Gasteiger partial charge is 0.191 e. The van der Waals surface area contributed by atoms with Crippen molar-refractivity contribution in [2.45, 2.75) is 51.8 Å². The molecule has 0 aliphatic carbocycles. The van der Waals surface area contributed by atoms with E-state index in [0.717, 1.165) is 50.8 Å². The monoisotopic (exact) mass is 325 g/mol. The molecule has 0 unspecified atom stereocenters. The summed E-state index contributed by atoms with van der Waals surface area (Å²) in [5, 5.41) is 6.72. The fraction of sp³-hybridized carbons (Fsp3) is 0.750. The summed E-state index contributed by atoms with van der Waals surface area (Å²) in [6.45, 7) is 12.3. The molecule has 0 atom stereocenters. The normalized spacial score (nSPS) is 12.5. The van der Waals surface area contributed by atoms with Crippen molar-refractivity contribution in [3.05, 3.63) is 18.2 Å². The van der Waals surface area contributed by atoms with E-state index >= 15 is 0 Å². The molecule has 126 valence electrons. The molecular weight excluding hydrogens is 294 g/mol. The van der Waals surface area contributed by atoms with E-state index < -0.39 is 0 Å². The summed E-state index contributed by atoms with van der Waals surface area (Å²) >= 11 is 1.85. The molecule has 0 aliphatic heterocycles. The molecule has 0 saturated carbocycles. The Labute approximate surface area is 139 Å². The third kappa shape index (κ3) is 7.20. The van der Waals surface area contributed by atoms with Crippen LogP contribution in [0.5, 0.6) is 0 Å². The minimum absolute atomic E-state index is 0.182. The SMILES string of the molecule is CCNC(=NCC(C)(C)SC)NCCCCn1ccnc1C. The van der Waals surface area contributed by atoms with Crippen LogP contribution in [0.3, 0.4) is 0 Å². The zero-order valence-corrected chi connectivity index (χ0v) is 15.5. The molecule has 0 spiro atoms. The molecule has 0 fully saturated rings. The van der Waals surface area contributed by atoms with Gasteiger partial charge in [-0.1, -0.05) is 0 Å². The van der Waals surface area contributed by atoms with Crippen LogP contribution in [0.15, 0.2) is 17.4 Å². The molecule has 1 heterocycles. The van der Waals surface area contributed by atoms with Crippen LogP contribution in [0, 0.1) is 6.92 Å². The van der Waals surface area contributed by atoms with Crippen molar-refractivity contribution in [3.8, 4) is 0 Å². The Morgan fingerprint density at radius 3 is 2.73 bits per heavy atom. The van der Waals surface area contributed by atoms with Crippen LogP contribution < -0.4 is 10.6 Å². The zero-order chi connectivity index (χ0) is 16.4. The Bertz CT molecular complexity index is 453. The highest BCUT2D eigenvalue weighted by molar-refractivity contribution is 7.99. The molecule has 2 N–H and O–H groups in total. The Hall–Kier alpha value is -1.17. The van der Waals surface area contributed by atoms with Gasteiger partial charge < -0.3 is 15.2 Å². The molecule has 1 aromatic rings. The number of hydrogen-bond acceptors (Lipinski definition) is 3. The lowest BCUT2D eigenvalue weighted by atomic mass is 10.2. The third-order valence-corrected chi connectivity index (χ3v) is 4.79. The molecule has 0 aromatic carbocycles. The summed E-state index contributed by atoms with van der Waals surface area (Å²) in [5.41, 5.74) is 0. The van der Waals surface area contributed by atoms with Crippen molar-refractivity contribution in [2.24, 2.45) is 4.99 Å². The molecule has 5 nitrogen and oxygen atoms in total. The quantitative estimate of drug-likeness (QED) is 0.416. The molecule has 1 rings (SSSR count). The number of thioether (sulfide) groups is 1. The van der Waals surface area contributed by atoms with Crippen LogP contribution in [-0.2, 0) is 6.54 Å². The van der Waals surface area contributed by atoms with Crippen molar-refractivity contribution in [1.29, 1.82) is 0 Å². The first-order chi connectivity index (χ1) is 10.5. The first kappa shape index (κ1) is 18.9. The van der Waals surface area contributed by atoms with E-state index in [-0.39, 0.29) is 4.75 Å². The van der Waals surface area contributed by atoms with Crippen molar-refractivity contribution in [2.75, 3.05) is 25.9 Å². The Balaban J connectivity index is 2.29. The molecule has 0 amide bonds. The molecule has 6 heteroatoms. The molecule has 0 bridgehead atoms. The van der Waals surface area contributed by atoms with Crippen molar-refractivity contribution >= 4 is 17.7 Å². The second-order valence-corrected chi connectivity index (χ2v) is 7.47. The summed E-state index contributed by atoms with van der Waals surface area (Å²) in [5.74, 6) is 2.01. The zero-order valence-electron chi connectivity index (χ0n) is 14.6. The van der Waals surface area contributed by atoms with Crippen molar-refractivity contribution in [1.82, 2.24) is 20.2 Å². The van der Waals surface area contributed by atoms with Crippen LogP contribution in [0.4, 0.5) is 0 Å². The second kappa shape index (κ2) is 9.77. The molecule has 1 aromatic heterocycles. The number of hydrogen-bond donors (Lipinski definition) is 2. The Morgan fingerprint density at radius 2 is 2.14 bits per heavy atom. The number of aryl methyl sites for hydroxylation is 2.